The maximum Gasteiger partial charge on any atom is 0.345 e. The van der Waals surface area contributed by atoms with Gasteiger partial charge >= 0.3 is 5.69 Å². The molecule has 1 saturated heterocycles. The van der Waals surface area contributed by atoms with Crippen LogP contribution in [0.5, 0.6) is 0 Å². The van der Waals surface area contributed by atoms with Crippen molar-refractivity contribution in [2.75, 3.05) is 13.1 Å². The number of aryl methyl sites for hydroxylation is 1. The number of likely N-dealkylation sites (tertiary alicyclic amines) is 1. The number of benzene rings is 1. The van der Waals surface area contributed by atoms with E-state index in [2.05, 4.69) is 11.2 Å². The summed E-state index contributed by atoms with van der Waals surface area (Å²) in [4.78, 5) is 26.8. The predicted octanol–water partition coefficient (Wildman–Crippen LogP) is 1.81. The van der Waals surface area contributed by atoms with Crippen molar-refractivity contribution in [2.24, 2.45) is 7.05 Å². The minimum absolute atomic E-state index is 0.00598. The van der Waals surface area contributed by atoms with Crippen molar-refractivity contribution in [2.45, 2.75) is 37.6 Å². The summed E-state index contributed by atoms with van der Waals surface area (Å²) >= 11 is 0. The number of carbonyl (C=O) groups is 1. The first-order chi connectivity index (χ1) is 12.6. The molecule has 0 unspecified atom stereocenters. The first kappa shape index (κ1) is 16.6. The van der Waals surface area contributed by atoms with Crippen LogP contribution in [0.3, 0.4) is 0 Å². The van der Waals surface area contributed by atoms with E-state index in [9.17, 15) is 9.59 Å². The average molecular weight is 351 g/mol. The molecule has 0 radical (unpaired) electrons. The van der Waals surface area contributed by atoms with E-state index in [1.54, 1.807) is 31.3 Å². The second-order valence-corrected chi connectivity index (χ2v) is 7.12. The second kappa shape index (κ2) is 6.45. The van der Waals surface area contributed by atoms with Gasteiger partial charge in [0.15, 0.2) is 0 Å². The van der Waals surface area contributed by atoms with Gasteiger partial charge in [-0.25, -0.2) is 9.48 Å². The normalized spacial score (nSPS) is 17.9. The van der Waals surface area contributed by atoms with Crippen molar-refractivity contribution < 1.29 is 4.79 Å². The molecule has 7 nitrogen and oxygen atoms in total. The Morgan fingerprint density at radius 2 is 1.81 bits per heavy atom. The third kappa shape index (κ3) is 2.92. The highest BCUT2D eigenvalue weighted by Gasteiger charge is 2.34. The Bertz CT molecular complexity index is 922. The van der Waals surface area contributed by atoms with Gasteiger partial charge in [-0.2, -0.15) is 10.4 Å². The van der Waals surface area contributed by atoms with Crippen molar-refractivity contribution in [1.29, 1.82) is 5.26 Å². The molecule has 1 aliphatic carbocycles. The third-order valence-electron chi connectivity index (χ3n) is 5.30. The first-order valence-corrected chi connectivity index (χ1v) is 9.03. The maximum atomic E-state index is 12.7. The lowest BCUT2D eigenvalue weighted by Crippen LogP contribution is -2.38. The topological polar surface area (TPSA) is 83.9 Å². The molecule has 1 aromatic heterocycles. The monoisotopic (exact) mass is 351 g/mol. The van der Waals surface area contributed by atoms with Crippen LogP contribution in [0.4, 0.5) is 0 Å². The van der Waals surface area contributed by atoms with Crippen molar-refractivity contribution in [3.63, 3.8) is 0 Å². The van der Waals surface area contributed by atoms with Gasteiger partial charge in [0.1, 0.15) is 5.82 Å². The summed E-state index contributed by atoms with van der Waals surface area (Å²) in [7, 11) is 1.70. The van der Waals surface area contributed by atoms with E-state index in [4.69, 9.17) is 5.26 Å². The highest BCUT2D eigenvalue weighted by atomic mass is 16.2. The van der Waals surface area contributed by atoms with Crippen LogP contribution in [0, 0.1) is 11.3 Å². The van der Waals surface area contributed by atoms with Crippen LogP contribution in [-0.4, -0.2) is 38.2 Å². The van der Waals surface area contributed by atoms with Crippen LogP contribution >= 0.6 is 0 Å². The van der Waals surface area contributed by atoms with Gasteiger partial charge in [0.25, 0.3) is 5.91 Å². The molecular weight excluding hydrogens is 330 g/mol. The molecule has 0 N–H and O–H groups in total. The van der Waals surface area contributed by atoms with Crippen molar-refractivity contribution in [1.82, 2.24) is 19.2 Å². The SMILES string of the molecule is Cn1nc(C2CCN(C(=O)c3ccc(C#N)cc3)CC2)n(C2CC2)c1=O. The fourth-order valence-corrected chi connectivity index (χ4v) is 3.66. The summed E-state index contributed by atoms with van der Waals surface area (Å²) < 4.78 is 3.30. The Morgan fingerprint density at radius 1 is 1.15 bits per heavy atom. The smallest absolute Gasteiger partial charge is 0.339 e. The number of nitrogens with zero attached hydrogens (tertiary/aromatic N) is 5. The molecule has 1 amide bonds. The van der Waals surface area contributed by atoms with Gasteiger partial charge in [-0.05, 0) is 49.9 Å². The van der Waals surface area contributed by atoms with E-state index in [-0.39, 0.29) is 17.5 Å². The zero-order valence-electron chi connectivity index (χ0n) is 14.8. The lowest BCUT2D eigenvalue weighted by molar-refractivity contribution is 0.0710. The molecular formula is C19H21N5O2. The van der Waals surface area contributed by atoms with E-state index in [0.717, 1.165) is 31.5 Å². The van der Waals surface area contributed by atoms with Gasteiger partial charge < -0.3 is 4.90 Å². The summed E-state index contributed by atoms with van der Waals surface area (Å²) in [6, 6.07) is 9.12. The molecule has 2 aliphatic rings. The van der Waals surface area contributed by atoms with E-state index < -0.39 is 0 Å². The fourth-order valence-electron chi connectivity index (χ4n) is 3.66. The van der Waals surface area contributed by atoms with Crippen LogP contribution in [0.1, 0.15) is 59.4 Å². The molecule has 4 rings (SSSR count). The molecule has 1 aliphatic heterocycles. The van der Waals surface area contributed by atoms with Crippen LogP contribution in [0.25, 0.3) is 0 Å². The maximum absolute atomic E-state index is 12.7. The van der Waals surface area contributed by atoms with E-state index in [1.165, 1.54) is 4.68 Å². The standard InChI is InChI=1S/C19H21N5O2/c1-22-19(26)24(16-6-7-16)17(21-22)14-8-10-23(11-9-14)18(25)15-4-2-13(12-20)3-5-15/h2-5,14,16H,6-11H2,1H3. The fraction of sp³-hybridized carbons (Fsp3) is 0.474. The van der Waals surface area contributed by atoms with E-state index in [1.807, 2.05) is 9.47 Å². The Labute approximate surface area is 151 Å². The Kier molecular flexibility index (Phi) is 4.11. The van der Waals surface area contributed by atoms with E-state index in [0.29, 0.717) is 30.3 Å². The second-order valence-electron chi connectivity index (χ2n) is 7.12. The Balaban J connectivity index is 1.46. The number of amides is 1. The summed E-state index contributed by atoms with van der Waals surface area (Å²) in [6.45, 7) is 1.30. The average Bonchev–Trinajstić information content (AvgIpc) is 3.47. The minimum atomic E-state index is -0.0291. The molecule has 2 heterocycles. The zero-order chi connectivity index (χ0) is 18.3. The van der Waals surface area contributed by atoms with Gasteiger partial charge in [-0.15, -0.1) is 0 Å². The van der Waals surface area contributed by atoms with E-state index >= 15 is 0 Å². The number of nitriles is 1. The van der Waals surface area contributed by atoms with Crippen molar-refractivity contribution in [3.8, 4) is 6.07 Å². The largest absolute Gasteiger partial charge is 0.345 e. The number of hydrogen-bond acceptors (Lipinski definition) is 4. The molecule has 1 saturated carbocycles. The molecule has 0 atom stereocenters. The highest BCUT2D eigenvalue weighted by Crippen LogP contribution is 2.37. The number of rotatable bonds is 3. The van der Waals surface area contributed by atoms with Crippen LogP contribution in [0.15, 0.2) is 29.1 Å². The number of aromatic nitrogens is 3. The summed E-state index contributed by atoms with van der Waals surface area (Å²) in [5.41, 5.74) is 1.13. The van der Waals surface area contributed by atoms with Crippen molar-refractivity contribution in [3.05, 3.63) is 51.7 Å². The lowest BCUT2D eigenvalue weighted by atomic mass is 9.95. The first-order valence-electron chi connectivity index (χ1n) is 9.03. The molecule has 2 aromatic rings. The summed E-state index contributed by atoms with van der Waals surface area (Å²) in [5.74, 6) is 1.09. The van der Waals surface area contributed by atoms with Gasteiger partial charge in [0.2, 0.25) is 0 Å². The molecule has 26 heavy (non-hydrogen) atoms. The Morgan fingerprint density at radius 3 is 2.38 bits per heavy atom. The molecule has 1 aromatic carbocycles. The van der Waals surface area contributed by atoms with Crippen molar-refractivity contribution >= 4 is 5.91 Å². The molecule has 0 spiro atoms. The molecule has 2 fully saturated rings. The molecule has 7 heteroatoms. The Hall–Kier alpha value is -2.88. The predicted molar refractivity (Wildman–Crippen MR) is 94.8 cm³/mol. The quantitative estimate of drug-likeness (QED) is 0.844. The zero-order valence-corrected chi connectivity index (χ0v) is 14.8. The third-order valence-corrected chi connectivity index (χ3v) is 5.30. The van der Waals surface area contributed by atoms with Gasteiger partial charge in [-0.1, -0.05) is 0 Å². The number of hydrogen-bond donors (Lipinski definition) is 0. The van der Waals surface area contributed by atoms with Crippen LogP contribution in [-0.2, 0) is 7.05 Å². The van der Waals surface area contributed by atoms with Crippen LogP contribution < -0.4 is 5.69 Å². The lowest BCUT2D eigenvalue weighted by Gasteiger charge is -2.31. The molecule has 0 bridgehead atoms. The minimum Gasteiger partial charge on any atom is -0.339 e. The molecule has 134 valence electrons. The highest BCUT2D eigenvalue weighted by molar-refractivity contribution is 5.94. The summed E-state index contributed by atoms with van der Waals surface area (Å²) in [6.07, 6.45) is 3.72. The van der Waals surface area contributed by atoms with Gasteiger partial charge in [0, 0.05) is 37.7 Å². The number of piperidine rings is 1. The van der Waals surface area contributed by atoms with Crippen LogP contribution in [0.2, 0.25) is 0 Å². The summed E-state index contributed by atoms with van der Waals surface area (Å²) in [5, 5.41) is 13.3. The van der Waals surface area contributed by atoms with Gasteiger partial charge in [-0.3, -0.25) is 9.36 Å². The van der Waals surface area contributed by atoms with Gasteiger partial charge in [0.05, 0.1) is 11.6 Å². The number of carbonyl (C=O) groups excluding carboxylic acids is 1.